The molecule has 1 saturated carbocycles. The van der Waals surface area contributed by atoms with E-state index in [1.165, 1.54) is 6.20 Å². The number of nitro groups is 1. The Hall–Kier alpha value is -1.96. The van der Waals surface area contributed by atoms with Crippen LogP contribution in [0, 0.1) is 16.0 Å². The van der Waals surface area contributed by atoms with Gasteiger partial charge in [0, 0.05) is 25.8 Å². The topological polar surface area (TPSA) is 102 Å². The first-order valence-electron chi connectivity index (χ1n) is 7.66. The Labute approximate surface area is 129 Å². The molecule has 0 spiro atoms. The van der Waals surface area contributed by atoms with E-state index >= 15 is 0 Å². The lowest BCUT2D eigenvalue weighted by Crippen LogP contribution is -2.12. The Morgan fingerprint density at radius 1 is 1.50 bits per heavy atom. The van der Waals surface area contributed by atoms with Crippen LogP contribution in [0.25, 0.3) is 0 Å². The number of rotatable bonds is 10. The van der Waals surface area contributed by atoms with Crippen molar-refractivity contribution in [1.82, 2.24) is 9.97 Å². The maximum atomic E-state index is 11.0. The number of nitrogens with one attached hydrogen (secondary N) is 2. The summed E-state index contributed by atoms with van der Waals surface area (Å²) in [6.45, 7) is 6.31. The first kappa shape index (κ1) is 16.4. The third-order valence-corrected chi connectivity index (χ3v) is 3.08. The molecule has 2 N–H and O–H groups in total. The maximum Gasteiger partial charge on any atom is 0.329 e. The van der Waals surface area contributed by atoms with Gasteiger partial charge in [0.25, 0.3) is 0 Å². The number of anilines is 2. The Morgan fingerprint density at radius 2 is 2.27 bits per heavy atom. The fraction of sp³-hybridized carbons (Fsp3) is 0.714. The quantitative estimate of drug-likeness (QED) is 0.389. The molecule has 1 heterocycles. The molecule has 1 aliphatic carbocycles. The van der Waals surface area contributed by atoms with Crippen LogP contribution < -0.4 is 10.6 Å². The summed E-state index contributed by atoms with van der Waals surface area (Å²) in [6.07, 6.45) is 4.13. The number of nitrogens with zero attached hydrogens (tertiary/aromatic N) is 3. The van der Waals surface area contributed by atoms with Crippen LogP contribution in [0.2, 0.25) is 0 Å². The van der Waals surface area contributed by atoms with Crippen LogP contribution >= 0.6 is 0 Å². The van der Waals surface area contributed by atoms with Gasteiger partial charge in [-0.2, -0.15) is 4.98 Å². The Balaban J connectivity index is 1.81. The van der Waals surface area contributed by atoms with Gasteiger partial charge in [0.1, 0.15) is 6.20 Å². The normalized spacial score (nSPS) is 14.1. The van der Waals surface area contributed by atoms with Crippen LogP contribution in [0.3, 0.4) is 0 Å². The van der Waals surface area contributed by atoms with E-state index in [1.807, 2.05) is 0 Å². The third kappa shape index (κ3) is 5.44. The predicted octanol–water partition coefficient (Wildman–Crippen LogP) is 2.43. The molecule has 22 heavy (non-hydrogen) atoms. The van der Waals surface area contributed by atoms with Crippen LogP contribution in [-0.2, 0) is 4.74 Å². The van der Waals surface area contributed by atoms with E-state index in [-0.39, 0.29) is 5.69 Å². The van der Waals surface area contributed by atoms with Crippen LogP contribution in [0.4, 0.5) is 17.5 Å². The van der Waals surface area contributed by atoms with Gasteiger partial charge in [0.15, 0.2) is 0 Å². The second-order valence-electron chi connectivity index (χ2n) is 5.85. The minimum Gasteiger partial charge on any atom is -0.381 e. The lowest BCUT2D eigenvalue weighted by atomic mass is 10.2. The number of hydrogen-bond acceptors (Lipinski definition) is 7. The van der Waals surface area contributed by atoms with Crippen molar-refractivity contribution >= 4 is 17.5 Å². The first-order chi connectivity index (χ1) is 10.6. The van der Waals surface area contributed by atoms with E-state index in [4.69, 9.17) is 4.74 Å². The number of ether oxygens (including phenoxy) is 1. The molecule has 1 aliphatic rings. The van der Waals surface area contributed by atoms with Crippen LogP contribution in [0.15, 0.2) is 6.20 Å². The van der Waals surface area contributed by atoms with Crippen molar-refractivity contribution in [3.05, 3.63) is 16.3 Å². The van der Waals surface area contributed by atoms with E-state index in [9.17, 15) is 10.1 Å². The molecule has 0 aromatic carbocycles. The van der Waals surface area contributed by atoms with Crippen LogP contribution in [-0.4, -0.2) is 40.7 Å². The molecule has 0 atom stereocenters. The zero-order valence-electron chi connectivity index (χ0n) is 13.0. The van der Waals surface area contributed by atoms with Gasteiger partial charge in [-0.25, -0.2) is 4.98 Å². The van der Waals surface area contributed by atoms with Crippen molar-refractivity contribution in [2.24, 2.45) is 5.92 Å². The van der Waals surface area contributed by atoms with Gasteiger partial charge in [-0.3, -0.25) is 10.1 Å². The molecule has 2 rings (SSSR count). The second kappa shape index (κ2) is 7.88. The van der Waals surface area contributed by atoms with Crippen molar-refractivity contribution in [3.8, 4) is 0 Å². The summed E-state index contributed by atoms with van der Waals surface area (Å²) in [5.41, 5.74) is -0.0854. The fourth-order valence-electron chi connectivity index (χ4n) is 1.81. The molecule has 1 fully saturated rings. The van der Waals surface area contributed by atoms with E-state index in [2.05, 4.69) is 34.4 Å². The highest BCUT2D eigenvalue weighted by Gasteiger charge is 2.26. The molecule has 1 aromatic rings. The summed E-state index contributed by atoms with van der Waals surface area (Å²) in [5.74, 6) is 1.22. The average molecular weight is 309 g/mol. The summed E-state index contributed by atoms with van der Waals surface area (Å²) in [5, 5.41) is 17.1. The van der Waals surface area contributed by atoms with E-state index in [1.54, 1.807) is 0 Å². The smallest absolute Gasteiger partial charge is 0.329 e. The van der Waals surface area contributed by atoms with Crippen molar-refractivity contribution in [2.75, 3.05) is 30.4 Å². The van der Waals surface area contributed by atoms with Gasteiger partial charge in [-0.15, -0.1) is 0 Å². The van der Waals surface area contributed by atoms with Crippen molar-refractivity contribution in [2.45, 2.75) is 39.2 Å². The van der Waals surface area contributed by atoms with Gasteiger partial charge < -0.3 is 15.4 Å². The maximum absolute atomic E-state index is 11.0. The summed E-state index contributed by atoms with van der Waals surface area (Å²) in [7, 11) is 0. The largest absolute Gasteiger partial charge is 0.381 e. The molecular formula is C14H23N5O3. The molecule has 122 valence electrons. The minimum atomic E-state index is -0.464. The van der Waals surface area contributed by atoms with Crippen molar-refractivity contribution in [3.63, 3.8) is 0 Å². The van der Waals surface area contributed by atoms with Crippen molar-refractivity contribution in [1.29, 1.82) is 0 Å². The Bertz CT molecular complexity index is 505. The summed E-state index contributed by atoms with van der Waals surface area (Å²) in [6, 6.07) is 0.297. The predicted molar refractivity (Wildman–Crippen MR) is 84.1 cm³/mol. The molecule has 0 aliphatic heterocycles. The first-order valence-corrected chi connectivity index (χ1v) is 7.66. The van der Waals surface area contributed by atoms with Gasteiger partial charge in [-0.1, -0.05) is 13.8 Å². The summed E-state index contributed by atoms with van der Waals surface area (Å²) < 4.78 is 5.49. The van der Waals surface area contributed by atoms with Crippen molar-refractivity contribution < 1.29 is 9.66 Å². The lowest BCUT2D eigenvalue weighted by molar-refractivity contribution is -0.384. The fourth-order valence-corrected chi connectivity index (χ4v) is 1.81. The molecule has 1 aromatic heterocycles. The summed E-state index contributed by atoms with van der Waals surface area (Å²) in [4.78, 5) is 18.7. The van der Waals surface area contributed by atoms with Gasteiger partial charge in [0.2, 0.25) is 11.8 Å². The lowest BCUT2D eigenvalue weighted by Gasteiger charge is -2.09. The summed E-state index contributed by atoms with van der Waals surface area (Å²) >= 11 is 0. The molecule has 0 amide bonds. The zero-order valence-corrected chi connectivity index (χ0v) is 13.0. The average Bonchev–Trinajstić information content (AvgIpc) is 3.26. The highest BCUT2D eigenvalue weighted by Crippen LogP contribution is 2.29. The van der Waals surface area contributed by atoms with Gasteiger partial charge in [0.05, 0.1) is 4.92 Å². The molecule has 0 saturated heterocycles. The third-order valence-electron chi connectivity index (χ3n) is 3.08. The van der Waals surface area contributed by atoms with Crippen LogP contribution in [0.5, 0.6) is 0 Å². The van der Waals surface area contributed by atoms with Crippen LogP contribution in [0.1, 0.15) is 33.1 Å². The van der Waals surface area contributed by atoms with E-state index < -0.39 is 4.92 Å². The SMILES string of the molecule is CC(C)COCCCNc1ncc([N+](=O)[O-])c(NC2CC2)n1. The number of aromatic nitrogens is 2. The highest BCUT2D eigenvalue weighted by molar-refractivity contribution is 5.57. The molecule has 8 nitrogen and oxygen atoms in total. The molecule has 8 heteroatoms. The Kier molecular flexibility index (Phi) is 5.88. The molecule has 0 unspecified atom stereocenters. The second-order valence-corrected chi connectivity index (χ2v) is 5.85. The van der Waals surface area contributed by atoms with E-state index in [0.29, 0.717) is 36.9 Å². The number of hydrogen-bond donors (Lipinski definition) is 2. The van der Waals surface area contributed by atoms with Gasteiger partial charge in [-0.05, 0) is 25.2 Å². The van der Waals surface area contributed by atoms with E-state index in [0.717, 1.165) is 25.9 Å². The highest BCUT2D eigenvalue weighted by atomic mass is 16.6. The minimum absolute atomic E-state index is 0.0854. The molecule has 0 bridgehead atoms. The van der Waals surface area contributed by atoms with Gasteiger partial charge >= 0.3 is 5.69 Å². The molecular weight excluding hydrogens is 286 g/mol. The molecule has 0 radical (unpaired) electrons. The zero-order chi connectivity index (χ0) is 15.9. The monoisotopic (exact) mass is 309 g/mol. The Morgan fingerprint density at radius 3 is 2.91 bits per heavy atom. The standard InChI is InChI=1S/C14H23N5O3/c1-10(2)9-22-7-3-6-15-14-16-8-12(19(20)21)13(18-14)17-11-4-5-11/h8,10-11H,3-7,9H2,1-2H3,(H2,15,16,17,18).